The summed E-state index contributed by atoms with van der Waals surface area (Å²) in [6.45, 7) is 0.396. The number of methoxy groups -OCH3 is 1. The second-order valence-corrected chi connectivity index (χ2v) is 10.2. The Bertz CT molecular complexity index is 1540. The van der Waals surface area contributed by atoms with Crippen molar-refractivity contribution in [2.45, 2.75) is 19.1 Å². The van der Waals surface area contributed by atoms with Gasteiger partial charge in [0.2, 0.25) is 0 Å². The van der Waals surface area contributed by atoms with Gasteiger partial charge in [-0.1, -0.05) is 48.0 Å². The van der Waals surface area contributed by atoms with Crippen molar-refractivity contribution in [1.29, 1.82) is 0 Å². The van der Waals surface area contributed by atoms with Crippen molar-refractivity contribution in [2.75, 3.05) is 7.11 Å². The lowest BCUT2D eigenvalue weighted by Gasteiger charge is -2.16. The smallest absolute Gasteiger partial charge is 0.328 e. The van der Waals surface area contributed by atoms with Crippen LogP contribution in [0.3, 0.4) is 0 Å². The molecule has 6 nitrogen and oxygen atoms in total. The second-order valence-electron chi connectivity index (χ2n) is 8.69. The third-order valence-electron chi connectivity index (χ3n) is 6.06. The van der Waals surface area contributed by atoms with Gasteiger partial charge in [0.15, 0.2) is 0 Å². The van der Waals surface area contributed by atoms with Gasteiger partial charge >= 0.3 is 5.97 Å². The minimum atomic E-state index is -0.833. The van der Waals surface area contributed by atoms with Crippen LogP contribution >= 0.6 is 22.9 Å². The molecule has 2 heterocycles. The molecule has 0 aliphatic heterocycles. The van der Waals surface area contributed by atoms with E-state index in [1.54, 1.807) is 12.5 Å². The number of carbonyl (C=O) groups excluding carboxylic acids is 2. The molecule has 5 rings (SSSR count). The van der Waals surface area contributed by atoms with Crippen molar-refractivity contribution in [3.63, 3.8) is 0 Å². The molecule has 0 saturated heterocycles. The summed E-state index contributed by atoms with van der Waals surface area (Å²) < 4.78 is 16.7. The first-order valence-corrected chi connectivity index (χ1v) is 13.1. The van der Waals surface area contributed by atoms with E-state index in [0.29, 0.717) is 22.3 Å². The van der Waals surface area contributed by atoms with E-state index in [2.05, 4.69) is 5.32 Å². The van der Waals surface area contributed by atoms with Crippen LogP contribution in [-0.4, -0.2) is 25.0 Å². The van der Waals surface area contributed by atoms with Gasteiger partial charge in [-0.2, -0.15) is 0 Å². The molecule has 0 fully saturated rings. The monoisotopic (exact) mass is 545 g/mol. The molecule has 0 aliphatic rings. The topological polar surface area (TPSA) is 77.8 Å². The number of fused-ring (bicyclic) bond motifs is 1. The van der Waals surface area contributed by atoms with E-state index in [1.807, 2.05) is 78.9 Å². The van der Waals surface area contributed by atoms with E-state index < -0.39 is 12.0 Å². The SMILES string of the molecule is COC(=O)[C@H](Cc1ccc(OCc2ccoc2)cc1)NC(=O)c1cc2ccc(-c3ccc(Cl)cc3)cc2s1. The zero-order valence-electron chi connectivity index (χ0n) is 20.5. The number of carbonyl (C=O) groups is 2. The average molecular weight is 546 g/mol. The first kappa shape index (κ1) is 25.6. The number of esters is 1. The molecule has 0 aliphatic carbocycles. The highest BCUT2D eigenvalue weighted by Gasteiger charge is 2.24. The molecule has 0 spiro atoms. The average Bonchev–Trinajstić information content (AvgIpc) is 3.62. The third kappa shape index (κ3) is 6.07. The summed E-state index contributed by atoms with van der Waals surface area (Å²) in [6.07, 6.45) is 3.51. The van der Waals surface area contributed by atoms with Crippen molar-refractivity contribution < 1.29 is 23.5 Å². The molecule has 5 aromatic rings. The lowest BCUT2D eigenvalue weighted by atomic mass is 10.0. The summed E-state index contributed by atoms with van der Waals surface area (Å²) in [7, 11) is 1.31. The van der Waals surface area contributed by atoms with Crippen molar-refractivity contribution in [2.24, 2.45) is 0 Å². The van der Waals surface area contributed by atoms with Gasteiger partial charge in [0.1, 0.15) is 18.4 Å². The van der Waals surface area contributed by atoms with Gasteiger partial charge in [-0.15, -0.1) is 11.3 Å². The normalized spacial score (nSPS) is 11.7. The lowest BCUT2D eigenvalue weighted by molar-refractivity contribution is -0.142. The Morgan fingerprint density at radius 3 is 2.42 bits per heavy atom. The first-order chi connectivity index (χ1) is 18.5. The predicted octanol–water partition coefficient (Wildman–Crippen LogP) is 6.91. The Morgan fingerprint density at radius 1 is 0.947 bits per heavy atom. The molecule has 2 aromatic heterocycles. The Balaban J connectivity index is 1.27. The van der Waals surface area contributed by atoms with Crippen LogP contribution in [0, 0.1) is 0 Å². The number of ether oxygens (including phenoxy) is 2. The Morgan fingerprint density at radius 2 is 1.71 bits per heavy atom. The van der Waals surface area contributed by atoms with E-state index in [9.17, 15) is 9.59 Å². The van der Waals surface area contributed by atoms with Crippen molar-refractivity contribution in [3.05, 3.63) is 112 Å². The molecule has 8 heteroatoms. The molecular formula is C30H24ClNO5S. The molecule has 38 heavy (non-hydrogen) atoms. The van der Waals surface area contributed by atoms with Crippen molar-refractivity contribution in [1.82, 2.24) is 5.32 Å². The fourth-order valence-electron chi connectivity index (χ4n) is 4.03. The molecule has 0 radical (unpaired) electrons. The van der Waals surface area contributed by atoms with Gasteiger partial charge < -0.3 is 19.2 Å². The lowest BCUT2D eigenvalue weighted by Crippen LogP contribution is -2.42. The molecule has 0 unspecified atom stereocenters. The zero-order chi connectivity index (χ0) is 26.5. The summed E-state index contributed by atoms with van der Waals surface area (Å²) in [6, 6.07) is 23.9. The van der Waals surface area contributed by atoms with E-state index >= 15 is 0 Å². The maximum Gasteiger partial charge on any atom is 0.328 e. The Hall–Kier alpha value is -4.07. The van der Waals surface area contributed by atoms with Crippen LogP contribution in [0.25, 0.3) is 21.2 Å². The number of furan rings is 1. The number of amides is 1. The minimum absolute atomic E-state index is 0.284. The molecule has 1 N–H and O–H groups in total. The van der Waals surface area contributed by atoms with E-state index in [1.165, 1.54) is 18.4 Å². The molecule has 0 bridgehead atoms. The molecule has 3 aromatic carbocycles. The quantitative estimate of drug-likeness (QED) is 0.204. The molecule has 1 amide bonds. The van der Waals surface area contributed by atoms with Crippen LogP contribution in [0.2, 0.25) is 5.02 Å². The molecule has 1 atom stereocenters. The molecular weight excluding hydrogens is 522 g/mol. The second kappa shape index (κ2) is 11.5. The number of nitrogens with one attached hydrogen (secondary N) is 1. The van der Waals surface area contributed by atoms with E-state index in [-0.39, 0.29) is 12.3 Å². The Labute approximate surface area is 228 Å². The van der Waals surface area contributed by atoms with Gasteiger partial charge in [-0.25, -0.2) is 4.79 Å². The maximum atomic E-state index is 13.1. The highest BCUT2D eigenvalue weighted by Crippen LogP contribution is 2.31. The molecule has 0 saturated carbocycles. The van der Waals surface area contributed by atoms with E-state index in [4.69, 9.17) is 25.5 Å². The van der Waals surface area contributed by atoms with Gasteiger partial charge in [0.25, 0.3) is 5.91 Å². The van der Waals surface area contributed by atoms with Crippen molar-refractivity contribution >= 4 is 44.9 Å². The maximum absolute atomic E-state index is 13.1. The summed E-state index contributed by atoms with van der Waals surface area (Å²) in [5.41, 5.74) is 3.87. The number of rotatable bonds is 9. The van der Waals surface area contributed by atoms with Crippen molar-refractivity contribution in [3.8, 4) is 16.9 Å². The minimum Gasteiger partial charge on any atom is -0.489 e. The summed E-state index contributed by atoms with van der Waals surface area (Å²) in [4.78, 5) is 26.2. The fourth-order valence-corrected chi connectivity index (χ4v) is 5.16. The highest BCUT2D eigenvalue weighted by atomic mass is 35.5. The van der Waals surface area contributed by atoms with Crippen LogP contribution < -0.4 is 10.1 Å². The number of hydrogen-bond donors (Lipinski definition) is 1. The molecule has 192 valence electrons. The largest absolute Gasteiger partial charge is 0.489 e. The van der Waals surface area contributed by atoms with Crippen LogP contribution in [0.5, 0.6) is 5.75 Å². The first-order valence-electron chi connectivity index (χ1n) is 11.9. The van der Waals surface area contributed by atoms with Crippen LogP contribution in [0.15, 0.2) is 95.8 Å². The van der Waals surface area contributed by atoms with Gasteiger partial charge in [0.05, 0.1) is 24.5 Å². The summed E-state index contributed by atoms with van der Waals surface area (Å²) >= 11 is 7.39. The third-order valence-corrected chi connectivity index (χ3v) is 7.41. The number of halogens is 1. The van der Waals surface area contributed by atoms with E-state index in [0.717, 1.165) is 32.3 Å². The number of thiophene rings is 1. The van der Waals surface area contributed by atoms with Crippen LogP contribution in [-0.2, 0) is 22.6 Å². The summed E-state index contributed by atoms with van der Waals surface area (Å²) in [5, 5.41) is 4.48. The fraction of sp³-hybridized carbons (Fsp3) is 0.133. The van der Waals surface area contributed by atoms with Gasteiger partial charge in [-0.05, 0) is 64.5 Å². The standard InChI is InChI=1S/C30H24ClNO5S/c1-35-30(34)26(14-19-2-10-25(11-3-19)37-18-20-12-13-36-17-20)32-29(33)28-16-23-5-4-22(15-27(23)38-28)21-6-8-24(31)9-7-21/h2-13,15-17,26H,14,18H2,1H3,(H,32,33)/t26-/m0/s1. The van der Waals surface area contributed by atoms with Crippen LogP contribution in [0.1, 0.15) is 20.8 Å². The zero-order valence-corrected chi connectivity index (χ0v) is 22.1. The highest BCUT2D eigenvalue weighted by molar-refractivity contribution is 7.20. The predicted molar refractivity (Wildman–Crippen MR) is 149 cm³/mol. The Kier molecular flexibility index (Phi) is 7.77. The van der Waals surface area contributed by atoms with Gasteiger partial charge in [-0.3, -0.25) is 4.79 Å². The summed E-state index contributed by atoms with van der Waals surface area (Å²) in [5.74, 6) is -0.142. The number of hydrogen-bond acceptors (Lipinski definition) is 6. The number of benzene rings is 3. The van der Waals surface area contributed by atoms with Gasteiger partial charge in [0, 0.05) is 21.7 Å². The van der Waals surface area contributed by atoms with Crippen LogP contribution in [0.4, 0.5) is 0 Å².